The van der Waals surface area contributed by atoms with E-state index in [4.69, 9.17) is 0 Å². The Labute approximate surface area is 145 Å². The molecule has 0 spiro atoms. The van der Waals surface area contributed by atoms with E-state index in [-0.39, 0.29) is 30.3 Å². The number of rotatable bonds is 3. The van der Waals surface area contributed by atoms with Crippen molar-refractivity contribution in [1.29, 1.82) is 0 Å². The molecule has 0 radical (unpaired) electrons. The third-order valence-corrected chi connectivity index (χ3v) is 4.31. The van der Waals surface area contributed by atoms with Crippen LogP contribution in [-0.2, 0) is 9.59 Å². The van der Waals surface area contributed by atoms with Crippen LogP contribution in [0.4, 0.5) is 10.5 Å². The Hall–Kier alpha value is -2.90. The highest BCUT2D eigenvalue weighted by atomic mass is 16.2. The van der Waals surface area contributed by atoms with E-state index >= 15 is 0 Å². The van der Waals surface area contributed by atoms with Gasteiger partial charge in [0.25, 0.3) is 5.91 Å². The highest BCUT2D eigenvalue weighted by molar-refractivity contribution is 6.39. The maximum Gasteiger partial charge on any atom is 0.321 e. The number of hydrogen-bond acceptors (Lipinski definition) is 4. The van der Waals surface area contributed by atoms with Crippen LogP contribution in [0.5, 0.6) is 0 Å². The molecule has 1 fully saturated rings. The van der Waals surface area contributed by atoms with Crippen LogP contribution in [0.2, 0.25) is 0 Å². The van der Waals surface area contributed by atoms with Crippen molar-refractivity contribution in [3.05, 3.63) is 30.3 Å². The highest BCUT2D eigenvalue weighted by Gasteiger charge is 2.26. The van der Waals surface area contributed by atoms with Crippen LogP contribution >= 0.6 is 0 Å². The van der Waals surface area contributed by atoms with E-state index in [9.17, 15) is 14.4 Å². The third-order valence-electron chi connectivity index (χ3n) is 4.31. The average Bonchev–Trinajstić information content (AvgIpc) is 2.63. The van der Waals surface area contributed by atoms with E-state index in [0.717, 1.165) is 5.69 Å². The van der Waals surface area contributed by atoms with E-state index < -0.39 is 0 Å². The maximum atomic E-state index is 12.2. The number of para-hydroxylation sites is 1. The Morgan fingerprint density at radius 2 is 1.84 bits per heavy atom. The second-order valence-corrected chi connectivity index (χ2v) is 6.12. The van der Waals surface area contributed by atoms with Gasteiger partial charge in [-0.1, -0.05) is 18.2 Å². The van der Waals surface area contributed by atoms with Gasteiger partial charge in [-0.3, -0.25) is 9.59 Å². The molecule has 0 unspecified atom stereocenters. The molecular weight excluding hydrogens is 322 g/mol. The zero-order chi connectivity index (χ0) is 17.6. The predicted molar refractivity (Wildman–Crippen MR) is 93.0 cm³/mol. The van der Waals surface area contributed by atoms with Crippen molar-refractivity contribution < 1.29 is 14.4 Å². The summed E-state index contributed by atoms with van der Waals surface area (Å²) in [6, 6.07) is 9.19. The first-order chi connectivity index (χ1) is 12.1. The minimum Gasteiger partial charge on any atom is -0.348 e. The van der Waals surface area contributed by atoms with Crippen LogP contribution in [0.25, 0.3) is 0 Å². The molecule has 1 saturated heterocycles. The van der Waals surface area contributed by atoms with Crippen molar-refractivity contribution in [2.45, 2.75) is 31.7 Å². The summed E-state index contributed by atoms with van der Waals surface area (Å²) >= 11 is 0. The van der Waals surface area contributed by atoms with Gasteiger partial charge in [0.1, 0.15) is 5.71 Å². The molecule has 4 amide bonds. The molecule has 8 nitrogen and oxygen atoms in total. The number of carbonyl (C=O) groups is 3. The summed E-state index contributed by atoms with van der Waals surface area (Å²) in [6.07, 6.45) is 2.02. The van der Waals surface area contributed by atoms with Gasteiger partial charge in [-0.2, -0.15) is 5.10 Å². The minimum absolute atomic E-state index is 0.00797. The Balaban J connectivity index is 1.44. The van der Waals surface area contributed by atoms with Crippen LogP contribution < -0.4 is 16.1 Å². The standard InChI is InChI=1S/C17H21N5O3/c23-15-7-6-14(20-21-15)16(24)18-13-8-10-22(11-9-13)17(25)19-12-4-2-1-3-5-12/h1-5,13H,6-11H2,(H,18,24)(H,19,25)(H,21,23). The molecule has 0 aromatic heterocycles. The summed E-state index contributed by atoms with van der Waals surface area (Å²) in [4.78, 5) is 37.2. The Kier molecular flexibility index (Phi) is 5.27. The molecule has 0 saturated carbocycles. The molecule has 0 bridgehead atoms. The molecule has 2 heterocycles. The van der Waals surface area contributed by atoms with Gasteiger partial charge in [-0.25, -0.2) is 10.2 Å². The number of anilines is 1. The Bertz CT molecular complexity index is 681. The number of amides is 4. The van der Waals surface area contributed by atoms with Gasteiger partial charge < -0.3 is 15.5 Å². The van der Waals surface area contributed by atoms with Gasteiger partial charge in [-0.15, -0.1) is 0 Å². The lowest BCUT2D eigenvalue weighted by Crippen LogP contribution is -2.49. The molecule has 1 aromatic rings. The molecule has 3 rings (SSSR count). The highest BCUT2D eigenvalue weighted by Crippen LogP contribution is 2.13. The number of benzene rings is 1. The second kappa shape index (κ2) is 7.78. The fraction of sp³-hybridized carbons (Fsp3) is 0.412. The number of likely N-dealkylation sites (tertiary alicyclic amines) is 1. The summed E-state index contributed by atoms with van der Waals surface area (Å²) in [6.45, 7) is 1.15. The van der Waals surface area contributed by atoms with Crippen LogP contribution in [0, 0.1) is 0 Å². The van der Waals surface area contributed by atoms with Gasteiger partial charge in [0.05, 0.1) is 0 Å². The first-order valence-corrected chi connectivity index (χ1v) is 8.39. The molecule has 0 atom stereocenters. The average molecular weight is 343 g/mol. The molecule has 8 heteroatoms. The van der Waals surface area contributed by atoms with E-state index in [1.54, 1.807) is 4.90 Å². The van der Waals surface area contributed by atoms with Crippen molar-refractivity contribution in [2.75, 3.05) is 18.4 Å². The molecule has 0 aliphatic carbocycles. The molecule has 2 aliphatic heterocycles. The number of nitrogens with one attached hydrogen (secondary N) is 3. The van der Waals surface area contributed by atoms with Gasteiger partial charge >= 0.3 is 6.03 Å². The molecular formula is C17H21N5O3. The molecule has 25 heavy (non-hydrogen) atoms. The summed E-state index contributed by atoms with van der Waals surface area (Å²) in [5.41, 5.74) is 3.44. The smallest absolute Gasteiger partial charge is 0.321 e. The number of hydrogen-bond donors (Lipinski definition) is 3. The summed E-state index contributed by atoms with van der Waals surface area (Å²) in [5.74, 6) is -0.415. The second-order valence-electron chi connectivity index (χ2n) is 6.12. The Morgan fingerprint density at radius 3 is 2.48 bits per heavy atom. The van der Waals surface area contributed by atoms with Crippen LogP contribution in [0.15, 0.2) is 35.4 Å². The normalized spacial score (nSPS) is 18.2. The number of urea groups is 1. The van der Waals surface area contributed by atoms with Crippen LogP contribution in [-0.4, -0.2) is 47.6 Å². The summed E-state index contributed by atoms with van der Waals surface area (Å²) < 4.78 is 0. The van der Waals surface area contributed by atoms with E-state index in [1.807, 2.05) is 30.3 Å². The zero-order valence-corrected chi connectivity index (χ0v) is 13.8. The predicted octanol–water partition coefficient (Wildman–Crippen LogP) is 1.07. The lowest BCUT2D eigenvalue weighted by atomic mass is 10.0. The van der Waals surface area contributed by atoms with Crippen molar-refractivity contribution in [2.24, 2.45) is 5.10 Å². The zero-order valence-electron chi connectivity index (χ0n) is 13.8. The van der Waals surface area contributed by atoms with E-state index in [0.29, 0.717) is 38.1 Å². The lowest BCUT2D eigenvalue weighted by molar-refractivity contribution is -0.121. The summed E-state index contributed by atoms with van der Waals surface area (Å²) in [5, 5.41) is 9.59. The number of carbonyl (C=O) groups excluding carboxylic acids is 3. The first kappa shape index (κ1) is 16.9. The topological polar surface area (TPSA) is 103 Å². The van der Waals surface area contributed by atoms with Crippen molar-refractivity contribution in [3.63, 3.8) is 0 Å². The van der Waals surface area contributed by atoms with Gasteiger partial charge in [0.15, 0.2) is 0 Å². The van der Waals surface area contributed by atoms with Gasteiger partial charge in [0, 0.05) is 37.7 Å². The lowest BCUT2D eigenvalue weighted by Gasteiger charge is -2.32. The third kappa shape index (κ3) is 4.56. The molecule has 2 aliphatic rings. The monoisotopic (exact) mass is 343 g/mol. The van der Waals surface area contributed by atoms with E-state index in [1.165, 1.54) is 0 Å². The minimum atomic E-state index is -0.243. The molecule has 132 valence electrons. The van der Waals surface area contributed by atoms with Crippen molar-refractivity contribution in [1.82, 2.24) is 15.6 Å². The molecule has 1 aromatic carbocycles. The molecule has 3 N–H and O–H groups in total. The van der Waals surface area contributed by atoms with E-state index in [2.05, 4.69) is 21.2 Å². The van der Waals surface area contributed by atoms with Gasteiger partial charge in [0.2, 0.25) is 5.91 Å². The maximum absolute atomic E-state index is 12.2. The number of hydrazone groups is 1. The fourth-order valence-corrected chi connectivity index (χ4v) is 2.86. The SMILES string of the molecule is O=C1CCC(C(=O)NC2CCN(C(=O)Nc3ccccc3)CC2)=NN1. The van der Waals surface area contributed by atoms with Gasteiger partial charge in [-0.05, 0) is 25.0 Å². The van der Waals surface area contributed by atoms with Crippen molar-refractivity contribution >= 4 is 29.2 Å². The van der Waals surface area contributed by atoms with Crippen LogP contribution in [0.1, 0.15) is 25.7 Å². The number of piperidine rings is 1. The Morgan fingerprint density at radius 1 is 1.12 bits per heavy atom. The van der Waals surface area contributed by atoms with Crippen LogP contribution in [0.3, 0.4) is 0 Å². The first-order valence-electron chi connectivity index (χ1n) is 8.39. The fourth-order valence-electron chi connectivity index (χ4n) is 2.86. The quantitative estimate of drug-likeness (QED) is 0.765. The van der Waals surface area contributed by atoms with Crippen molar-refractivity contribution in [3.8, 4) is 0 Å². The largest absolute Gasteiger partial charge is 0.348 e. The number of nitrogens with zero attached hydrogens (tertiary/aromatic N) is 2. The summed E-state index contributed by atoms with van der Waals surface area (Å²) in [7, 11) is 0.